The first-order valence-electron chi connectivity index (χ1n) is 4.37. The summed E-state index contributed by atoms with van der Waals surface area (Å²) in [6.07, 6.45) is 1.88. The third kappa shape index (κ3) is 2.32. The van der Waals surface area contributed by atoms with Crippen molar-refractivity contribution in [1.82, 2.24) is 4.98 Å². The van der Waals surface area contributed by atoms with Crippen LogP contribution in [-0.4, -0.2) is 4.98 Å². The molecule has 2 heterocycles. The van der Waals surface area contributed by atoms with E-state index < -0.39 is 0 Å². The Bertz CT molecular complexity index is 515. The second kappa shape index (κ2) is 4.39. The van der Waals surface area contributed by atoms with Gasteiger partial charge >= 0.3 is 0 Å². The molecule has 2 aromatic heterocycles. The minimum atomic E-state index is 0.635. The van der Waals surface area contributed by atoms with Crippen molar-refractivity contribution in [2.75, 3.05) is 0 Å². The van der Waals surface area contributed by atoms with Gasteiger partial charge in [0, 0.05) is 16.0 Å². The minimum absolute atomic E-state index is 0.635. The maximum atomic E-state index is 9.04. The van der Waals surface area contributed by atoms with Crippen LogP contribution >= 0.6 is 22.7 Å². The number of nitriles is 1. The van der Waals surface area contributed by atoms with Crippen LogP contribution in [0.2, 0.25) is 0 Å². The van der Waals surface area contributed by atoms with E-state index >= 15 is 0 Å². The SMILES string of the molecule is Cc1csc(/C(C#N)=C/c2cccs2)n1. The quantitative estimate of drug-likeness (QED) is 0.742. The lowest BCUT2D eigenvalue weighted by molar-refractivity contribution is 1.25. The van der Waals surface area contributed by atoms with Crippen LogP contribution in [-0.2, 0) is 0 Å². The normalized spacial score (nSPS) is 11.3. The summed E-state index contributed by atoms with van der Waals surface area (Å²) >= 11 is 3.12. The molecule has 0 aliphatic carbocycles. The lowest BCUT2D eigenvalue weighted by Crippen LogP contribution is -1.79. The van der Waals surface area contributed by atoms with Crippen LogP contribution in [0.5, 0.6) is 0 Å². The van der Waals surface area contributed by atoms with Gasteiger partial charge in [-0.25, -0.2) is 4.98 Å². The number of hydrogen-bond donors (Lipinski definition) is 0. The van der Waals surface area contributed by atoms with Crippen molar-refractivity contribution in [2.45, 2.75) is 6.92 Å². The molecule has 0 aromatic carbocycles. The van der Waals surface area contributed by atoms with Crippen LogP contribution in [0.25, 0.3) is 11.6 Å². The van der Waals surface area contributed by atoms with Crippen LogP contribution in [0.1, 0.15) is 15.6 Å². The summed E-state index contributed by atoms with van der Waals surface area (Å²) in [6.45, 7) is 1.93. The fourth-order valence-corrected chi connectivity index (χ4v) is 2.56. The Morgan fingerprint density at radius 2 is 2.40 bits per heavy atom. The average molecular weight is 232 g/mol. The summed E-state index contributed by atoms with van der Waals surface area (Å²) in [4.78, 5) is 5.38. The fraction of sp³-hybridized carbons (Fsp3) is 0.0909. The van der Waals surface area contributed by atoms with Crippen molar-refractivity contribution in [3.8, 4) is 6.07 Å². The molecular formula is C11H8N2S2. The molecule has 0 bridgehead atoms. The molecule has 0 aliphatic heterocycles. The number of allylic oxidation sites excluding steroid dienone is 1. The molecular weight excluding hydrogens is 224 g/mol. The second-order valence-corrected chi connectivity index (χ2v) is 4.82. The monoisotopic (exact) mass is 232 g/mol. The maximum Gasteiger partial charge on any atom is 0.134 e. The topological polar surface area (TPSA) is 36.7 Å². The molecule has 0 N–H and O–H groups in total. The van der Waals surface area contributed by atoms with Crippen molar-refractivity contribution >= 4 is 34.3 Å². The van der Waals surface area contributed by atoms with Gasteiger partial charge in [-0.3, -0.25) is 0 Å². The number of nitrogens with zero attached hydrogens (tertiary/aromatic N) is 2. The van der Waals surface area contributed by atoms with Gasteiger partial charge in [0.1, 0.15) is 11.1 Å². The molecule has 2 aromatic rings. The van der Waals surface area contributed by atoms with Crippen LogP contribution in [0, 0.1) is 18.3 Å². The molecule has 0 aliphatic rings. The molecule has 74 valence electrons. The van der Waals surface area contributed by atoms with Crippen LogP contribution in [0.15, 0.2) is 22.9 Å². The standard InChI is InChI=1S/C11H8N2S2/c1-8-7-15-11(13-8)9(6-12)5-10-3-2-4-14-10/h2-5,7H,1H3/b9-5+. The van der Waals surface area contributed by atoms with Crippen molar-refractivity contribution in [2.24, 2.45) is 0 Å². The minimum Gasteiger partial charge on any atom is -0.241 e. The number of aryl methyl sites for hydroxylation is 1. The summed E-state index contributed by atoms with van der Waals surface area (Å²) in [6, 6.07) is 6.15. The van der Waals surface area contributed by atoms with Crippen LogP contribution < -0.4 is 0 Å². The zero-order chi connectivity index (χ0) is 10.7. The Hall–Kier alpha value is -1.44. The van der Waals surface area contributed by atoms with Gasteiger partial charge in [0.15, 0.2) is 0 Å². The Kier molecular flexibility index (Phi) is 2.95. The summed E-state index contributed by atoms with van der Waals surface area (Å²) in [5.74, 6) is 0. The Morgan fingerprint density at radius 3 is 2.93 bits per heavy atom. The third-order valence-corrected chi connectivity index (χ3v) is 3.61. The smallest absolute Gasteiger partial charge is 0.134 e. The van der Waals surface area contributed by atoms with Gasteiger partial charge in [-0.2, -0.15) is 5.26 Å². The summed E-state index contributed by atoms with van der Waals surface area (Å²) in [5.41, 5.74) is 1.60. The van der Waals surface area contributed by atoms with Gasteiger partial charge in [-0.1, -0.05) is 6.07 Å². The van der Waals surface area contributed by atoms with E-state index in [-0.39, 0.29) is 0 Å². The second-order valence-electron chi connectivity index (χ2n) is 2.98. The first-order chi connectivity index (χ1) is 7.29. The van der Waals surface area contributed by atoms with E-state index in [9.17, 15) is 0 Å². The average Bonchev–Trinajstić information content (AvgIpc) is 2.85. The maximum absolute atomic E-state index is 9.04. The Labute approximate surface area is 96.2 Å². The molecule has 4 heteroatoms. The molecule has 0 unspecified atom stereocenters. The highest BCUT2D eigenvalue weighted by Gasteiger charge is 2.05. The van der Waals surface area contributed by atoms with E-state index in [1.165, 1.54) is 11.3 Å². The Morgan fingerprint density at radius 1 is 1.53 bits per heavy atom. The van der Waals surface area contributed by atoms with E-state index in [0.717, 1.165) is 15.6 Å². The number of aromatic nitrogens is 1. The van der Waals surface area contributed by atoms with E-state index in [4.69, 9.17) is 5.26 Å². The van der Waals surface area contributed by atoms with E-state index in [1.54, 1.807) is 11.3 Å². The van der Waals surface area contributed by atoms with Crippen molar-refractivity contribution in [1.29, 1.82) is 5.26 Å². The molecule has 0 spiro atoms. The van der Waals surface area contributed by atoms with Gasteiger partial charge in [0.05, 0.1) is 5.57 Å². The molecule has 2 nitrogen and oxygen atoms in total. The van der Waals surface area contributed by atoms with Crippen molar-refractivity contribution < 1.29 is 0 Å². The predicted molar refractivity (Wildman–Crippen MR) is 64.7 cm³/mol. The summed E-state index contributed by atoms with van der Waals surface area (Å²) < 4.78 is 0. The van der Waals surface area contributed by atoms with E-state index in [1.807, 2.05) is 35.9 Å². The molecule has 0 saturated carbocycles. The van der Waals surface area contributed by atoms with E-state index in [0.29, 0.717) is 5.57 Å². The highest BCUT2D eigenvalue weighted by atomic mass is 32.1. The molecule has 0 radical (unpaired) electrons. The largest absolute Gasteiger partial charge is 0.241 e. The van der Waals surface area contributed by atoms with Gasteiger partial charge in [0.2, 0.25) is 0 Å². The number of rotatable bonds is 2. The molecule has 0 amide bonds. The third-order valence-electron chi connectivity index (χ3n) is 1.80. The molecule has 2 rings (SSSR count). The van der Waals surface area contributed by atoms with Gasteiger partial charge < -0.3 is 0 Å². The molecule has 0 saturated heterocycles. The first kappa shape index (κ1) is 10.1. The fourth-order valence-electron chi connectivity index (χ4n) is 1.14. The molecule has 0 atom stereocenters. The number of thiophene rings is 1. The zero-order valence-electron chi connectivity index (χ0n) is 8.10. The highest BCUT2D eigenvalue weighted by Crippen LogP contribution is 2.22. The summed E-state index contributed by atoms with van der Waals surface area (Å²) in [5, 5.41) is 13.8. The van der Waals surface area contributed by atoms with Gasteiger partial charge in [-0.05, 0) is 24.4 Å². The van der Waals surface area contributed by atoms with Crippen LogP contribution in [0.3, 0.4) is 0 Å². The predicted octanol–water partition coefficient (Wildman–Crippen LogP) is 3.58. The summed E-state index contributed by atoms with van der Waals surface area (Å²) in [7, 11) is 0. The van der Waals surface area contributed by atoms with E-state index in [2.05, 4.69) is 11.1 Å². The number of hydrogen-bond acceptors (Lipinski definition) is 4. The number of thiazole rings is 1. The van der Waals surface area contributed by atoms with Gasteiger partial charge in [-0.15, -0.1) is 22.7 Å². The lowest BCUT2D eigenvalue weighted by atomic mass is 10.2. The van der Waals surface area contributed by atoms with Crippen molar-refractivity contribution in [3.05, 3.63) is 38.5 Å². The highest BCUT2D eigenvalue weighted by molar-refractivity contribution is 7.11. The zero-order valence-corrected chi connectivity index (χ0v) is 9.73. The lowest BCUT2D eigenvalue weighted by Gasteiger charge is -1.90. The van der Waals surface area contributed by atoms with Crippen molar-refractivity contribution in [3.63, 3.8) is 0 Å². The van der Waals surface area contributed by atoms with Gasteiger partial charge in [0.25, 0.3) is 0 Å². The molecule has 15 heavy (non-hydrogen) atoms. The van der Waals surface area contributed by atoms with Crippen LogP contribution in [0.4, 0.5) is 0 Å². The Balaban J connectivity index is 2.37. The first-order valence-corrected chi connectivity index (χ1v) is 6.13. The molecule has 0 fully saturated rings.